The Labute approximate surface area is 229 Å². The van der Waals surface area contributed by atoms with Crippen LogP contribution in [0.4, 0.5) is 0 Å². The highest BCUT2D eigenvalue weighted by molar-refractivity contribution is 7.15. The van der Waals surface area contributed by atoms with Crippen LogP contribution in [0, 0.1) is 12.8 Å². The minimum atomic E-state index is -0.352. The van der Waals surface area contributed by atoms with Crippen LogP contribution in [0.2, 0.25) is 5.02 Å². The average molecular weight is 540 g/mol. The van der Waals surface area contributed by atoms with Crippen molar-refractivity contribution in [2.45, 2.75) is 56.5 Å². The minimum absolute atomic E-state index is 0.0642. The normalized spacial score (nSPS) is 23.7. The number of rotatable bonds is 4. The van der Waals surface area contributed by atoms with E-state index in [1.807, 2.05) is 31.2 Å². The van der Waals surface area contributed by atoms with Gasteiger partial charge < -0.3 is 5.32 Å². The number of aliphatic imine (C=N–C) groups is 1. The van der Waals surface area contributed by atoms with Gasteiger partial charge >= 0.3 is 0 Å². The molecule has 3 atom stereocenters. The van der Waals surface area contributed by atoms with Crippen LogP contribution in [-0.2, 0) is 23.2 Å². The van der Waals surface area contributed by atoms with E-state index in [4.69, 9.17) is 16.6 Å². The molecule has 1 amide bonds. The number of fused-ring (bicyclic) bond motifs is 6. The van der Waals surface area contributed by atoms with Gasteiger partial charge in [0.05, 0.1) is 5.71 Å². The molecule has 2 saturated carbocycles. The zero-order chi connectivity index (χ0) is 25.6. The van der Waals surface area contributed by atoms with E-state index in [1.165, 1.54) is 16.0 Å². The standard InChI is InChI=1S/C30H26ClN5OS/c1-16-34-35-29-30(11-12-30)33-26(19-9-5-6-10-22(19)31)25-21-13-18(14-24(21)38-28(25)36(16)29)27(37)32-23-15-20(23)17-7-3-2-4-8-17/h2-10,18,20,23H,11-15H2,1H3,(H,32,37)/t18-,20-,23+/m0/s1. The Hall–Kier alpha value is -3.29. The maximum Gasteiger partial charge on any atom is 0.224 e. The molecule has 0 saturated heterocycles. The van der Waals surface area contributed by atoms with Crippen LogP contribution in [-0.4, -0.2) is 32.4 Å². The largest absolute Gasteiger partial charge is 0.352 e. The molecule has 8 rings (SSSR count). The zero-order valence-corrected chi connectivity index (χ0v) is 22.5. The molecule has 8 heteroatoms. The number of thiophene rings is 1. The summed E-state index contributed by atoms with van der Waals surface area (Å²) in [5.74, 6) is 2.32. The van der Waals surface area contributed by atoms with E-state index in [1.54, 1.807) is 11.3 Å². The molecule has 2 aromatic carbocycles. The quantitative estimate of drug-likeness (QED) is 0.371. The Morgan fingerprint density at radius 2 is 1.87 bits per heavy atom. The topological polar surface area (TPSA) is 72.2 Å². The smallest absolute Gasteiger partial charge is 0.224 e. The second-order valence-corrected chi connectivity index (χ2v) is 12.5. The van der Waals surface area contributed by atoms with E-state index in [9.17, 15) is 4.79 Å². The predicted molar refractivity (Wildman–Crippen MR) is 149 cm³/mol. The summed E-state index contributed by atoms with van der Waals surface area (Å²) in [7, 11) is 0. The third kappa shape index (κ3) is 3.38. The van der Waals surface area contributed by atoms with Gasteiger partial charge in [-0.25, -0.2) is 0 Å². The maximum atomic E-state index is 13.4. The van der Waals surface area contributed by atoms with Crippen molar-refractivity contribution in [2.24, 2.45) is 10.9 Å². The van der Waals surface area contributed by atoms with Crippen LogP contribution in [0.15, 0.2) is 59.6 Å². The van der Waals surface area contributed by atoms with Crippen LogP contribution in [0.3, 0.4) is 0 Å². The van der Waals surface area contributed by atoms with Crippen molar-refractivity contribution < 1.29 is 4.79 Å². The molecular formula is C30H26ClN5OS. The molecule has 3 aliphatic carbocycles. The van der Waals surface area contributed by atoms with Gasteiger partial charge in [0.15, 0.2) is 5.82 Å². The van der Waals surface area contributed by atoms with Crippen molar-refractivity contribution >= 4 is 34.6 Å². The van der Waals surface area contributed by atoms with Crippen molar-refractivity contribution in [3.8, 4) is 5.00 Å². The molecule has 4 aromatic rings. The fourth-order valence-corrected chi connectivity index (χ4v) is 7.94. The lowest BCUT2D eigenvalue weighted by Crippen LogP contribution is -2.33. The number of nitrogens with zero attached hydrogens (tertiary/aromatic N) is 4. The van der Waals surface area contributed by atoms with Gasteiger partial charge in [0.25, 0.3) is 0 Å². The van der Waals surface area contributed by atoms with E-state index in [-0.39, 0.29) is 23.4 Å². The number of aromatic nitrogens is 3. The number of aryl methyl sites for hydroxylation is 1. The Kier molecular flexibility index (Phi) is 4.84. The molecule has 2 aromatic heterocycles. The van der Waals surface area contributed by atoms with Crippen molar-refractivity contribution in [3.05, 3.63) is 98.4 Å². The summed E-state index contributed by atoms with van der Waals surface area (Å²) in [5, 5.41) is 14.2. The Bertz CT molecular complexity index is 1650. The first-order valence-corrected chi connectivity index (χ1v) is 14.5. The first-order valence-electron chi connectivity index (χ1n) is 13.3. The monoisotopic (exact) mass is 539 g/mol. The molecule has 0 unspecified atom stereocenters. The van der Waals surface area contributed by atoms with Gasteiger partial charge in [-0.2, -0.15) is 0 Å². The molecule has 1 spiro atoms. The van der Waals surface area contributed by atoms with Crippen molar-refractivity contribution in [2.75, 3.05) is 0 Å². The van der Waals surface area contributed by atoms with Crippen molar-refractivity contribution in [3.63, 3.8) is 0 Å². The SMILES string of the molecule is Cc1nnc2n1-c1sc3c(c1C(c1ccccc1Cl)=NC21CC1)C[C@H](C(=O)N[C@@H]1C[C@H]1c1ccccc1)C3. The zero-order valence-electron chi connectivity index (χ0n) is 20.9. The number of halogens is 1. The van der Waals surface area contributed by atoms with E-state index >= 15 is 0 Å². The highest BCUT2D eigenvalue weighted by Gasteiger charge is 2.52. The van der Waals surface area contributed by atoms with Gasteiger partial charge in [-0.05, 0) is 56.2 Å². The number of hydrogen-bond donors (Lipinski definition) is 1. The highest BCUT2D eigenvalue weighted by atomic mass is 35.5. The molecule has 190 valence electrons. The molecule has 4 aliphatic rings. The Morgan fingerprint density at radius 1 is 1.08 bits per heavy atom. The number of nitrogens with one attached hydrogen (secondary N) is 1. The Morgan fingerprint density at radius 3 is 2.66 bits per heavy atom. The average Bonchev–Trinajstić information content (AvgIpc) is 3.75. The summed E-state index contributed by atoms with van der Waals surface area (Å²) in [6.07, 6.45) is 4.37. The van der Waals surface area contributed by atoms with Crippen LogP contribution in [0.25, 0.3) is 5.00 Å². The molecule has 2 fully saturated rings. The van der Waals surface area contributed by atoms with Gasteiger partial charge in [-0.3, -0.25) is 14.4 Å². The summed E-state index contributed by atoms with van der Waals surface area (Å²) in [6, 6.07) is 18.7. The van der Waals surface area contributed by atoms with Gasteiger partial charge in [-0.15, -0.1) is 21.5 Å². The number of benzene rings is 2. The summed E-state index contributed by atoms with van der Waals surface area (Å²) < 4.78 is 2.21. The van der Waals surface area contributed by atoms with Crippen molar-refractivity contribution in [1.29, 1.82) is 0 Å². The summed E-state index contributed by atoms with van der Waals surface area (Å²) >= 11 is 8.52. The van der Waals surface area contributed by atoms with Gasteiger partial charge in [-0.1, -0.05) is 60.1 Å². The lowest BCUT2D eigenvalue weighted by Gasteiger charge is -2.14. The molecule has 6 nitrogen and oxygen atoms in total. The van der Waals surface area contributed by atoms with E-state index in [2.05, 4.69) is 50.4 Å². The van der Waals surface area contributed by atoms with E-state index in [0.29, 0.717) is 17.4 Å². The van der Waals surface area contributed by atoms with E-state index < -0.39 is 0 Å². The molecule has 0 radical (unpaired) electrons. The third-order valence-corrected chi connectivity index (χ3v) is 10.1. The maximum absolute atomic E-state index is 13.4. The summed E-state index contributed by atoms with van der Waals surface area (Å²) in [6.45, 7) is 2.01. The second-order valence-electron chi connectivity index (χ2n) is 11.0. The minimum Gasteiger partial charge on any atom is -0.352 e. The second kappa shape index (κ2) is 8.10. The van der Waals surface area contributed by atoms with Crippen LogP contribution < -0.4 is 5.32 Å². The number of carbonyl (C=O) groups excluding carboxylic acids is 1. The lowest BCUT2D eigenvalue weighted by atomic mass is 9.97. The molecule has 0 bridgehead atoms. The van der Waals surface area contributed by atoms with Gasteiger partial charge in [0, 0.05) is 38.9 Å². The number of carbonyl (C=O) groups is 1. The van der Waals surface area contributed by atoms with Crippen LogP contribution >= 0.6 is 22.9 Å². The van der Waals surface area contributed by atoms with Gasteiger partial charge in [0.1, 0.15) is 16.4 Å². The third-order valence-electron chi connectivity index (χ3n) is 8.53. The van der Waals surface area contributed by atoms with Crippen LogP contribution in [0.5, 0.6) is 0 Å². The fraction of sp³-hybridized carbons (Fsp3) is 0.333. The predicted octanol–water partition coefficient (Wildman–Crippen LogP) is 5.52. The highest BCUT2D eigenvalue weighted by Crippen LogP contribution is 2.54. The van der Waals surface area contributed by atoms with Gasteiger partial charge in [0.2, 0.25) is 5.91 Å². The van der Waals surface area contributed by atoms with Crippen molar-refractivity contribution in [1.82, 2.24) is 20.1 Å². The summed E-state index contributed by atoms with van der Waals surface area (Å²) in [4.78, 5) is 20.1. The summed E-state index contributed by atoms with van der Waals surface area (Å²) in [5.41, 5.74) is 5.16. The van der Waals surface area contributed by atoms with Crippen LogP contribution in [0.1, 0.15) is 64.0 Å². The first kappa shape index (κ1) is 22.7. The molecule has 1 N–H and O–H groups in total. The lowest BCUT2D eigenvalue weighted by molar-refractivity contribution is -0.124. The molecular weight excluding hydrogens is 514 g/mol. The number of hydrogen-bond acceptors (Lipinski definition) is 5. The molecule has 3 heterocycles. The number of amides is 1. The fourth-order valence-electron chi connectivity index (χ4n) is 6.26. The Balaban J connectivity index is 1.16. The molecule has 38 heavy (non-hydrogen) atoms. The molecule has 1 aliphatic heterocycles. The first-order chi connectivity index (χ1) is 18.5. The van der Waals surface area contributed by atoms with E-state index in [0.717, 1.165) is 59.2 Å².